The van der Waals surface area contributed by atoms with Crippen LogP contribution in [0.3, 0.4) is 0 Å². The van der Waals surface area contributed by atoms with E-state index < -0.39 is 0 Å². The quantitative estimate of drug-likeness (QED) is 0.756. The number of aromatic nitrogens is 4. The Bertz CT molecular complexity index is 445. The van der Waals surface area contributed by atoms with Gasteiger partial charge in [0.2, 0.25) is 0 Å². The predicted molar refractivity (Wildman–Crippen MR) is 53.2 cm³/mol. The summed E-state index contributed by atoms with van der Waals surface area (Å²) in [5.41, 5.74) is 1.93. The Labute approximate surface area is 86.3 Å². The lowest BCUT2D eigenvalue weighted by molar-refractivity contribution is 0.242. The number of hydrogen-bond donors (Lipinski definition) is 2. The molecule has 0 saturated carbocycles. The number of carbonyl (C=O) groups is 1. The van der Waals surface area contributed by atoms with Gasteiger partial charge in [0.15, 0.2) is 0 Å². The maximum atomic E-state index is 11.5. The average Bonchev–Trinajstić information content (AvgIpc) is 2.85. The van der Waals surface area contributed by atoms with Crippen LogP contribution in [-0.4, -0.2) is 25.8 Å². The van der Waals surface area contributed by atoms with E-state index in [0.717, 1.165) is 11.3 Å². The van der Waals surface area contributed by atoms with Gasteiger partial charge < -0.3 is 5.32 Å². The molecule has 0 atom stereocenters. The van der Waals surface area contributed by atoms with E-state index in [0.29, 0.717) is 6.54 Å². The molecular formula is C9H11N5O. The molecule has 6 nitrogen and oxygen atoms in total. The number of rotatable bonds is 2. The molecule has 0 radical (unpaired) electrons. The second kappa shape index (κ2) is 3.95. The average molecular weight is 205 g/mol. The maximum absolute atomic E-state index is 11.5. The first-order valence-electron chi connectivity index (χ1n) is 4.52. The number of aromatic amines is 1. The Hall–Kier alpha value is -2.11. The lowest BCUT2D eigenvalue weighted by Gasteiger charge is -2.03. The normalized spacial score (nSPS) is 10.2. The van der Waals surface area contributed by atoms with Gasteiger partial charge in [-0.25, -0.2) is 9.78 Å². The summed E-state index contributed by atoms with van der Waals surface area (Å²) in [5, 5.41) is 9.43. The predicted octanol–water partition coefficient (Wildman–Crippen LogP) is 0.673. The smallest absolute Gasteiger partial charge is 0.327 e. The van der Waals surface area contributed by atoms with Gasteiger partial charge in [0, 0.05) is 30.2 Å². The first kappa shape index (κ1) is 9.45. The van der Waals surface area contributed by atoms with Crippen molar-refractivity contribution < 1.29 is 4.79 Å². The van der Waals surface area contributed by atoms with Crippen molar-refractivity contribution in [1.29, 1.82) is 0 Å². The highest BCUT2D eigenvalue weighted by Gasteiger charge is 2.04. The van der Waals surface area contributed by atoms with E-state index in [1.54, 1.807) is 18.6 Å². The molecule has 78 valence electrons. The highest BCUT2D eigenvalue weighted by molar-refractivity contribution is 5.76. The minimum atomic E-state index is -0.201. The van der Waals surface area contributed by atoms with Crippen molar-refractivity contribution in [2.24, 2.45) is 0 Å². The van der Waals surface area contributed by atoms with Crippen LogP contribution >= 0.6 is 0 Å². The van der Waals surface area contributed by atoms with Crippen molar-refractivity contribution in [2.75, 3.05) is 0 Å². The van der Waals surface area contributed by atoms with Crippen LogP contribution in [0.2, 0.25) is 0 Å². The third kappa shape index (κ3) is 2.04. The second-order valence-electron chi connectivity index (χ2n) is 3.15. The fraction of sp³-hybridized carbons (Fsp3) is 0.222. The molecule has 2 N–H and O–H groups in total. The number of carbonyl (C=O) groups excluding carboxylic acids is 1. The van der Waals surface area contributed by atoms with E-state index in [2.05, 4.69) is 20.5 Å². The zero-order chi connectivity index (χ0) is 10.7. The molecule has 6 heteroatoms. The molecule has 0 fully saturated rings. The van der Waals surface area contributed by atoms with Gasteiger partial charge in [-0.15, -0.1) is 0 Å². The van der Waals surface area contributed by atoms with Crippen molar-refractivity contribution in [2.45, 2.75) is 13.5 Å². The molecule has 1 amide bonds. The molecule has 0 saturated heterocycles. The topological polar surface area (TPSA) is 75.6 Å². The molecule has 0 aliphatic heterocycles. The van der Waals surface area contributed by atoms with Crippen LogP contribution in [0.15, 0.2) is 24.9 Å². The summed E-state index contributed by atoms with van der Waals surface area (Å²) in [6.45, 7) is 2.37. The largest absolute Gasteiger partial charge is 0.333 e. The first-order valence-corrected chi connectivity index (χ1v) is 4.52. The fourth-order valence-corrected chi connectivity index (χ4v) is 1.20. The highest BCUT2D eigenvalue weighted by Crippen LogP contribution is 2.01. The molecular weight excluding hydrogens is 194 g/mol. The number of aryl methyl sites for hydroxylation is 1. The monoisotopic (exact) mass is 205 g/mol. The molecule has 0 unspecified atom stereocenters. The minimum absolute atomic E-state index is 0.201. The summed E-state index contributed by atoms with van der Waals surface area (Å²) < 4.78 is 1.38. The third-order valence-corrected chi connectivity index (χ3v) is 2.10. The number of nitrogens with zero attached hydrogens (tertiary/aromatic N) is 3. The zero-order valence-electron chi connectivity index (χ0n) is 8.27. The van der Waals surface area contributed by atoms with Crippen LogP contribution in [0, 0.1) is 6.92 Å². The molecule has 0 bridgehead atoms. The summed E-state index contributed by atoms with van der Waals surface area (Å²) in [4.78, 5) is 15.3. The van der Waals surface area contributed by atoms with Gasteiger partial charge in [-0.3, -0.25) is 9.67 Å². The van der Waals surface area contributed by atoms with E-state index in [9.17, 15) is 4.79 Å². The van der Waals surface area contributed by atoms with Crippen LogP contribution in [0.5, 0.6) is 0 Å². The summed E-state index contributed by atoms with van der Waals surface area (Å²) in [6, 6.07) is -0.201. The molecule has 15 heavy (non-hydrogen) atoms. The first-order chi connectivity index (χ1) is 7.27. The molecule has 2 aromatic rings. The number of hydrogen-bond acceptors (Lipinski definition) is 3. The molecule has 0 aliphatic rings. The lowest BCUT2D eigenvalue weighted by Crippen LogP contribution is -2.27. The van der Waals surface area contributed by atoms with E-state index in [4.69, 9.17) is 0 Å². The van der Waals surface area contributed by atoms with Crippen molar-refractivity contribution in [3.05, 3.63) is 36.2 Å². The summed E-state index contributed by atoms with van der Waals surface area (Å²) >= 11 is 0. The van der Waals surface area contributed by atoms with Gasteiger partial charge in [0.1, 0.15) is 6.33 Å². The van der Waals surface area contributed by atoms with Crippen molar-refractivity contribution in [1.82, 2.24) is 25.1 Å². The Morgan fingerprint density at radius 3 is 3.13 bits per heavy atom. The van der Waals surface area contributed by atoms with Crippen LogP contribution in [0.4, 0.5) is 4.79 Å². The SMILES string of the molecule is Cc1[nH]ncc1CNC(=O)n1ccnc1. The fourth-order valence-electron chi connectivity index (χ4n) is 1.20. The van der Waals surface area contributed by atoms with E-state index in [1.807, 2.05) is 6.92 Å². The third-order valence-electron chi connectivity index (χ3n) is 2.10. The van der Waals surface area contributed by atoms with Gasteiger partial charge in [-0.2, -0.15) is 5.10 Å². The lowest BCUT2D eigenvalue weighted by atomic mass is 10.3. The Balaban J connectivity index is 1.95. The summed E-state index contributed by atoms with van der Waals surface area (Å²) in [7, 11) is 0. The van der Waals surface area contributed by atoms with Crippen LogP contribution in [-0.2, 0) is 6.54 Å². The van der Waals surface area contributed by atoms with Crippen LogP contribution in [0.25, 0.3) is 0 Å². The molecule has 0 spiro atoms. The Kier molecular flexibility index (Phi) is 2.49. The molecule has 0 aliphatic carbocycles. The van der Waals surface area contributed by atoms with E-state index in [1.165, 1.54) is 10.9 Å². The van der Waals surface area contributed by atoms with Gasteiger partial charge in [0.25, 0.3) is 0 Å². The van der Waals surface area contributed by atoms with Crippen LogP contribution < -0.4 is 5.32 Å². The van der Waals surface area contributed by atoms with E-state index >= 15 is 0 Å². The minimum Gasteiger partial charge on any atom is -0.333 e. The second-order valence-corrected chi connectivity index (χ2v) is 3.15. The van der Waals surface area contributed by atoms with Gasteiger partial charge in [0.05, 0.1) is 6.20 Å². The zero-order valence-corrected chi connectivity index (χ0v) is 8.27. The Morgan fingerprint density at radius 2 is 2.53 bits per heavy atom. The van der Waals surface area contributed by atoms with Crippen molar-refractivity contribution >= 4 is 6.03 Å². The maximum Gasteiger partial charge on any atom is 0.327 e. The molecule has 2 heterocycles. The van der Waals surface area contributed by atoms with Gasteiger partial charge in [-0.1, -0.05) is 0 Å². The molecule has 0 aromatic carbocycles. The van der Waals surface area contributed by atoms with Gasteiger partial charge in [-0.05, 0) is 6.92 Å². The van der Waals surface area contributed by atoms with Crippen molar-refractivity contribution in [3.8, 4) is 0 Å². The standard InChI is InChI=1S/C9H11N5O/c1-7-8(5-12-13-7)4-11-9(15)14-3-2-10-6-14/h2-3,5-6H,4H2,1H3,(H,11,15)(H,12,13). The number of H-pyrrole nitrogens is 1. The number of nitrogens with one attached hydrogen (secondary N) is 2. The summed E-state index contributed by atoms with van der Waals surface area (Å²) in [6.07, 6.45) is 6.31. The summed E-state index contributed by atoms with van der Waals surface area (Å²) in [5.74, 6) is 0. The highest BCUT2D eigenvalue weighted by atomic mass is 16.2. The molecule has 2 aromatic heterocycles. The molecule has 2 rings (SSSR count). The van der Waals surface area contributed by atoms with Crippen LogP contribution in [0.1, 0.15) is 11.3 Å². The Morgan fingerprint density at radius 1 is 1.67 bits per heavy atom. The number of imidazole rings is 1. The van der Waals surface area contributed by atoms with Gasteiger partial charge >= 0.3 is 6.03 Å². The van der Waals surface area contributed by atoms with E-state index in [-0.39, 0.29) is 6.03 Å². The number of amides is 1. The van der Waals surface area contributed by atoms with Crippen molar-refractivity contribution in [3.63, 3.8) is 0 Å².